The number of carbonyl (C=O) groups is 2. The molecule has 0 heterocycles. The highest BCUT2D eigenvalue weighted by molar-refractivity contribution is 5.91. The molecule has 2 aromatic carbocycles. The van der Waals surface area contributed by atoms with Crippen molar-refractivity contribution >= 4 is 11.9 Å². The number of benzene rings is 2. The first-order valence-electron chi connectivity index (χ1n) is 7.24. The van der Waals surface area contributed by atoms with Gasteiger partial charge in [0.15, 0.2) is 0 Å². The van der Waals surface area contributed by atoms with Crippen LogP contribution in [-0.2, 0) is 9.59 Å². The minimum Gasteiger partial charge on any atom is -0.478 e. The summed E-state index contributed by atoms with van der Waals surface area (Å²) in [6.07, 6.45) is 0. The molecule has 0 spiro atoms. The van der Waals surface area contributed by atoms with Crippen molar-refractivity contribution in [2.24, 2.45) is 0 Å². The van der Waals surface area contributed by atoms with Crippen LogP contribution in [0.5, 0.6) is 11.5 Å². The summed E-state index contributed by atoms with van der Waals surface area (Å²) in [4.78, 5) is 23.8. The first-order chi connectivity index (χ1) is 11.3. The third-order valence-corrected chi connectivity index (χ3v) is 3.86. The van der Waals surface area contributed by atoms with Crippen LogP contribution in [0.15, 0.2) is 60.7 Å². The van der Waals surface area contributed by atoms with Gasteiger partial charge in [-0.3, -0.25) is 0 Å². The lowest BCUT2D eigenvalue weighted by Gasteiger charge is -2.39. The van der Waals surface area contributed by atoms with E-state index in [2.05, 4.69) is 0 Å². The normalized spacial score (nSPS) is 15.6. The second-order valence-corrected chi connectivity index (χ2v) is 5.51. The summed E-state index contributed by atoms with van der Waals surface area (Å²) in [7, 11) is 0. The molecule has 126 valence electrons. The fourth-order valence-electron chi connectivity index (χ4n) is 2.14. The van der Waals surface area contributed by atoms with Crippen molar-refractivity contribution in [1.29, 1.82) is 0 Å². The molecule has 2 aromatic rings. The SMILES string of the molecule is CC(Oc1ccccc1)(C(=O)O)C(C)(Oc1ccccc1)C(=O)O. The van der Waals surface area contributed by atoms with Gasteiger partial charge in [-0.05, 0) is 38.1 Å². The summed E-state index contributed by atoms with van der Waals surface area (Å²) in [6, 6.07) is 16.3. The lowest BCUT2D eigenvalue weighted by molar-refractivity contribution is -0.189. The molecule has 2 unspecified atom stereocenters. The number of carboxylic acid groups (broad SMARTS) is 2. The van der Waals surface area contributed by atoms with Crippen molar-refractivity contribution in [2.75, 3.05) is 0 Å². The Balaban J connectivity index is 2.47. The van der Waals surface area contributed by atoms with Crippen molar-refractivity contribution in [3.8, 4) is 11.5 Å². The Morgan fingerprint density at radius 2 is 1.00 bits per heavy atom. The van der Waals surface area contributed by atoms with Crippen LogP contribution in [0, 0.1) is 0 Å². The van der Waals surface area contributed by atoms with Crippen LogP contribution in [-0.4, -0.2) is 33.4 Å². The Labute approximate surface area is 139 Å². The van der Waals surface area contributed by atoms with E-state index in [9.17, 15) is 19.8 Å². The van der Waals surface area contributed by atoms with E-state index in [0.717, 1.165) is 0 Å². The highest BCUT2D eigenvalue weighted by Crippen LogP contribution is 2.33. The highest BCUT2D eigenvalue weighted by Gasteiger charge is 2.61. The maximum atomic E-state index is 11.9. The summed E-state index contributed by atoms with van der Waals surface area (Å²) in [5.74, 6) is -2.45. The third-order valence-electron chi connectivity index (χ3n) is 3.86. The van der Waals surface area contributed by atoms with Gasteiger partial charge in [-0.1, -0.05) is 36.4 Å². The topological polar surface area (TPSA) is 93.1 Å². The predicted molar refractivity (Wildman–Crippen MR) is 86.2 cm³/mol. The monoisotopic (exact) mass is 330 g/mol. The zero-order chi connectivity index (χ0) is 17.8. The highest BCUT2D eigenvalue weighted by atomic mass is 16.6. The van der Waals surface area contributed by atoms with Crippen LogP contribution < -0.4 is 9.47 Å². The van der Waals surface area contributed by atoms with E-state index >= 15 is 0 Å². The standard InChI is InChI=1S/C18H18O6/c1-17(15(19)20,23-13-9-5-3-6-10-13)18(2,16(21)22)24-14-11-7-4-8-12-14/h3-12H,1-2H3,(H,19,20)(H,21,22). The Bertz CT molecular complexity index is 651. The van der Waals surface area contributed by atoms with E-state index in [1.54, 1.807) is 60.7 Å². The fourth-order valence-corrected chi connectivity index (χ4v) is 2.14. The lowest BCUT2D eigenvalue weighted by Crippen LogP contribution is -2.66. The van der Waals surface area contributed by atoms with E-state index in [1.807, 2.05) is 0 Å². The molecule has 24 heavy (non-hydrogen) atoms. The number of rotatable bonds is 7. The van der Waals surface area contributed by atoms with Gasteiger partial charge < -0.3 is 19.7 Å². The van der Waals surface area contributed by atoms with Crippen LogP contribution in [0.1, 0.15) is 13.8 Å². The number of para-hydroxylation sites is 2. The molecule has 0 aliphatic rings. The van der Waals surface area contributed by atoms with Crippen LogP contribution in [0.3, 0.4) is 0 Å². The van der Waals surface area contributed by atoms with Gasteiger partial charge >= 0.3 is 11.9 Å². The summed E-state index contributed by atoms with van der Waals surface area (Å²) < 4.78 is 11.1. The molecule has 0 aliphatic heterocycles. The molecule has 0 aromatic heterocycles. The fraction of sp³-hybridized carbons (Fsp3) is 0.222. The van der Waals surface area contributed by atoms with Crippen LogP contribution >= 0.6 is 0 Å². The van der Waals surface area contributed by atoms with E-state index in [4.69, 9.17) is 9.47 Å². The van der Waals surface area contributed by atoms with E-state index in [-0.39, 0.29) is 11.5 Å². The zero-order valence-electron chi connectivity index (χ0n) is 13.3. The van der Waals surface area contributed by atoms with Gasteiger partial charge in [0, 0.05) is 0 Å². The van der Waals surface area contributed by atoms with Gasteiger partial charge in [0.2, 0.25) is 0 Å². The third kappa shape index (κ3) is 3.17. The predicted octanol–water partition coefficient (Wildman–Crippen LogP) is 2.83. The van der Waals surface area contributed by atoms with Gasteiger partial charge in [-0.2, -0.15) is 0 Å². The largest absolute Gasteiger partial charge is 0.478 e. The number of hydrogen-bond acceptors (Lipinski definition) is 4. The molecule has 0 fully saturated rings. The van der Waals surface area contributed by atoms with Crippen molar-refractivity contribution in [2.45, 2.75) is 25.0 Å². The van der Waals surface area contributed by atoms with E-state index in [0.29, 0.717) is 0 Å². The lowest BCUT2D eigenvalue weighted by atomic mass is 9.85. The Hall–Kier alpha value is -3.02. The molecular formula is C18H18O6. The Kier molecular flexibility index (Phi) is 4.78. The second kappa shape index (κ2) is 6.62. The van der Waals surface area contributed by atoms with E-state index < -0.39 is 23.1 Å². The average Bonchev–Trinajstić information content (AvgIpc) is 2.56. The van der Waals surface area contributed by atoms with Crippen molar-refractivity contribution in [3.05, 3.63) is 60.7 Å². The number of aliphatic carboxylic acids is 2. The molecule has 0 saturated carbocycles. The number of hydrogen-bond donors (Lipinski definition) is 2. The molecule has 2 atom stereocenters. The summed E-state index contributed by atoms with van der Waals surface area (Å²) in [5, 5.41) is 19.4. The average molecular weight is 330 g/mol. The number of carboxylic acids is 2. The van der Waals surface area contributed by atoms with Gasteiger partial charge in [-0.25, -0.2) is 9.59 Å². The summed E-state index contributed by atoms with van der Waals surface area (Å²) in [5.41, 5.74) is -4.34. The quantitative estimate of drug-likeness (QED) is 0.811. The van der Waals surface area contributed by atoms with Crippen molar-refractivity contribution < 1.29 is 29.3 Å². The molecule has 6 nitrogen and oxygen atoms in total. The molecule has 2 N–H and O–H groups in total. The van der Waals surface area contributed by atoms with Crippen LogP contribution in [0.25, 0.3) is 0 Å². The smallest absolute Gasteiger partial charge is 0.352 e. The van der Waals surface area contributed by atoms with Gasteiger partial charge in [0.25, 0.3) is 11.2 Å². The molecule has 0 radical (unpaired) electrons. The van der Waals surface area contributed by atoms with Gasteiger partial charge in [-0.15, -0.1) is 0 Å². The summed E-state index contributed by atoms with van der Waals surface area (Å²) in [6.45, 7) is 2.36. The van der Waals surface area contributed by atoms with Crippen molar-refractivity contribution in [1.82, 2.24) is 0 Å². The second-order valence-electron chi connectivity index (χ2n) is 5.51. The molecule has 2 rings (SSSR count). The van der Waals surface area contributed by atoms with Crippen LogP contribution in [0.2, 0.25) is 0 Å². The molecule has 6 heteroatoms. The van der Waals surface area contributed by atoms with Crippen molar-refractivity contribution in [3.63, 3.8) is 0 Å². The molecule has 0 aliphatic carbocycles. The molecule has 0 bridgehead atoms. The first-order valence-corrected chi connectivity index (χ1v) is 7.24. The maximum absolute atomic E-state index is 11.9. The van der Waals surface area contributed by atoms with Crippen LogP contribution in [0.4, 0.5) is 0 Å². The number of ether oxygens (including phenoxy) is 2. The Morgan fingerprint density at radius 1 is 0.708 bits per heavy atom. The molecule has 0 amide bonds. The zero-order valence-corrected chi connectivity index (χ0v) is 13.3. The van der Waals surface area contributed by atoms with E-state index in [1.165, 1.54) is 13.8 Å². The minimum absolute atomic E-state index is 0.228. The molecule has 0 saturated heterocycles. The molecular weight excluding hydrogens is 312 g/mol. The first kappa shape index (κ1) is 17.3. The van der Waals surface area contributed by atoms with Gasteiger partial charge in [0.1, 0.15) is 11.5 Å². The Morgan fingerprint density at radius 3 is 1.25 bits per heavy atom. The minimum atomic E-state index is -2.17. The maximum Gasteiger partial charge on any atom is 0.352 e. The summed E-state index contributed by atoms with van der Waals surface area (Å²) >= 11 is 0. The van der Waals surface area contributed by atoms with Gasteiger partial charge in [0.05, 0.1) is 0 Å².